The second kappa shape index (κ2) is 9.22. The number of anilines is 2. The Balaban J connectivity index is 2.04. The molecule has 0 saturated heterocycles. The van der Waals surface area contributed by atoms with Crippen LogP contribution in [0.4, 0.5) is 11.5 Å². The molecule has 9 nitrogen and oxygen atoms in total. The lowest BCUT2D eigenvalue weighted by molar-refractivity contribution is -0.118. The molecule has 3 N–H and O–H groups in total. The summed E-state index contributed by atoms with van der Waals surface area (Å²) in [5.74, 6) is -0.388. The molecule has 9 heteroatoms. The molecule has 1 amide bonds. The minimum Gasteiger partial charge on any atom is -0.464 e. The number of carbonyl (C=O) groups excluding carboxylic acids is 1. The summed E-state index contributed by atoms with van der Waals surface area (Å²) in [7, 11) is 1.50. The van der Waals surface area contributed by atoms with Crippen LogP contribution in [0.3, 0.4) is 0 Å². The van der Waals surface area contributed by atoms with Gasteiger partial charge >= 0.3 is 5.69 Å². The van der Waals surface area contributed by atoms with Gasteiger partial charge in [-0.15, -0.1) is 0 Å². The predicted molar refractivity (Wildman–Crippen MR) is 120 cm³/mol. The highest BCUT2D eigenvalue weighted by molar-refractivity contribution is 5.99. The zero-order chi connectivity index (χ0) is 22.7. The number of fused-ring (bicyclic) bond motifs is 1. The number of ether oxygens (including phenoxy) is 1. The summed E-state index contributed by atoms with van der Waals surface area (Å²) in [6.07, 6.45) is 2.21. The van der Waals surface area contributed by atoms with Crippen molar-refractivity contribution in [3.05, 3.63) is 55.9 Å². The van der Waals surface area contributed by atoms with E-state index in [2.05, 4.69) is 4.98 Å². The van der Waals surface area contributed by atoms with Gasteiger partial charge in [0.05, 0.1) is 19.3 Å². The molecule has 31 heavy (non-hydrogen) atoms. The zero-order valence-electron chi connectivity index (χ0n) is 18.3. The first-order valence-electron chi connectivity index (χ1n) is 10.2. The summed E-state index contributed by atoms with van der Waals surface area (Å²) in [5, 5.41) is 0.848. The van der Waals surface area contributed by atoms with Crippen molar-refractivity contribution in [2.24, 2.45) is 0 Å². The molecule has 0 aliphatic carbocycles. The van der Waals surface area contributed by atoms with Crippen molar-refractivity contribution in [3.63, 3.8) is 0 Å². The predicted octanol–water partition coefficient (Wildman–Crippen LogP) is 2.11. The van der Waals surface area contributed by atoms with Crippen LogP contribution >= 0.6 is 0 Å². The van der Waals surface area contributed by atoms with E-state index < -0.39 is 11.2 Å². The lowest BCUT2D eigenvalue weighted by atomic mass is 10.0. The Morgan fingerprint density at radius 3 is 2.71 bits per heavy atom. The first-order valence-corrected chi connectivity index (χ1v) is 10.2. The molecule has 3 aromatic rings. The van der Waals surface area contributed by atoms with Gasteiger partial charge in [-0.25, -0.2) is 4.79 Å². The number of nitrogens with one attached hydrogen (secondary N) is 1. The van der Waals surface area contributed by atoms with E-state index in [9.17, 15) is 14.4 Å². The quantitative estimate of drug-likeness (QED) is 0.566. The molecule has 0 atom stereocenters. The number of nitrogens with zero attached hydrogens (tertiary/aromatic N) is 2. The Morgan fingerprint density at radius 1 is 1.29 bits per heavy atom. The van der Waals surface area contributed by atoms with Crippen molar-refractivity contribution in [3.8, 4) is 0 Å². The van der Waals surface area contributed by atoms with Crippen molar-refractivity contribution < 1.29 is 13.9 Å². The fraction of sp³-hybridized carbons (Fsp3) is 0.409. The molecule has 0 fully saturated rings. The largest absolute Gasteiger partial charge is 0.464 e. The molecule has 0 radical (unpaired) electrons. The second-order valence-electron chi connectivity index (χ2n) is 7.50. The number of aromatic amines is 1. The molecule has 0 aliphatic rings. The van der Waals surface area contributed by atoms with Gasteiger partial charge in [0, 0.05) is 31.1 Å². The topological polar surface area (TPSA) is 124 Å². The molecule has 3 rings (SSSR count). The number of furan rings is 1. The average molecular weight is 428 g/mol. The van der Waals surface area contributed by atoms with Gasteiger partial charge in [-0.2, -0.15) is 0 Å². The van der Waals surface area contributed by atoms with E-state index >= 15 is 0 Å². The van der Waals surface area contributed by atoms with Gasteiger partial charge in [0.15, 0.2) is 5.69 Å². The number of carbonyl (C=O) groups is 1. The molecule has 2 aromatic heterocycles. The van der Waals surface area contributed by atoms with E-state index in [1.54, 1.807) is 6.26 Å². The molecule has 0 bridgehead atoms. The third-order valence-electron chi connectivity index (χ3n) is 5.43. The van der Waals surface area contributed by atoms with E-state index in [1.165, 1.54) is 16.6 Å². The Hall–Kier alpha value is -3.33. The number of hydrogen-bond donors (Lipinski definition) is 2. The summed E-state index contributed by atoms with van der Waals surface area (Å²) in [6, 6.07) is 3.90. The minimum absolute atomic E-state index is 0.00496. The number of hydrogen-bond acceptors (Lipinski definition) is 6. The lowest BCUT2D eigenvalue weighted by Crippen LogP contribution is -2.43. The zero-order valence-corrected chi connectivity index (χ0v) is 18.3. The first-order chi connectivity index (χ1) is 14.8. The maximum atomic E-state index is 13.3. The summed E-state index contributed by atoms with van der Waals surface area (Å²) < 4.78 is 12.1. The molecule has 0 spiro atoms. The third kappa shape index (κ3) is 4.27. The van der Waals surface area contributed by atoms with Crippen molar-refractivity contribution in [2.75, 3.05) is 30.9 Å². The maximum Gasteiger partial charge on any atom is 0.330 e. The molecule has 166 valence electrons. The molecular formula is C22H28N4O5. The van der Waals surface area contributed by atoms with Gasteiger partial charge in [0.2, 0.25) is 5.91 Å². The number of rotatable bonds is 8. The van der Waals surface area contributed by atoms with Gasteiger partial charge in [-0.3, -0.25) is 19.1 Å². The first kappa shape index (κ1) is 22.4. The fourth-order valence-electron chi connectivity index (χ4n) is 3.61. The third-order valence-corrected chi connectivity index (χ3v) is 5.43. The van der Waals surface area contributed by atoms with Gasteiger partial charge in [0.25, 0.3) is 5.56 Å². The van der Waals surface area contributed by atoms with E-state index in [-0.39, 0.29) is 37.0 Å². The maximum absolute atomic E-state index is 13.3. The van der Waals surface area contributed by atoms with Crippen LogP contribution in [-0.4, -0.2) is 35.7 Å². The van der Waals surface area contributed by atoms with Crippen molar-refractivity contribution in [1.82, 2.24) is 9.55 Å². The highest BCUT2D eigenvalue weighted by Crippen LogP contribution is 2.27. The summed E-state index contributed by atoms with van der Waals surface area (Å²) in [5.41, 5.74) is 8.38. The number of benzene rings is 1. The molecule has 0 saturated carbocycles. The summed E-state index contributed by atoms with van der Waals surface area (Å²) >= 11 is 0. The van der Waals surface area contributed by atoms with Gasteiger partial charge in [-0.1, -0.05) is 19.1 Å². The summed E-state index contributed by atoms with van der Waals surface area (Å²) in [6.45, 7) is 6.48. The van der Waals surface area contributed by atoms with Gasteiger partial charge in [-0.05, 0) is 31.4 Å². The van der Waals surface area contributed by atoms with Crippen molar-refractivity contribution in [2.45, 2.75) is 40.2 Å². The van der Waals surface area contributed by atoms with Gasteiger partial charge < -0.3 is 19.8 Å². The van der Waals surface area contributed by atoms with Crippen LogP contribution in [0.2, 0.25) is 0 Å². The Kier molecular flexibility index (Phi) is 6.65. The van der Waals surface area contributed by atoms with E-state index in [0.29, 0.717) is 18.5 Å². The normalized spacial score (nSPS) is 11.2. The van der Waals surface area contributed by atoms with Crippen molar-refractivity contribution in [1.29, 1.82) is 0 Å². The van der Waals surface area contributed by atoms with E-state index in [1.807, 2.05) is 32.9 Å². The van der Waals surface area contributed by atoms with E-state index in [0.717, 1.165) is 22.1 Å². The van der Waals surface area contributed by atoms with Crippen LogP contribution < -0.4 is 21.9 Å². The number of aryl methyl sites for hydroxylation is 2. The SMILES string of the molecule is CCCn1c(N)c(N(CCOC)C(=O)Cc2coc3c(C)c(C)ccc23)c(=O)[nH]c1=O. The minimum atomic E-state index is -0.706. The van der Waals surface area contributed by atoms with Gasteiger partial charge in [0.1, 0.15) is 11.4 Å². The van der Waals surface area contributed by atoms with Crippen LogP contribution in [0.1, 0.15) is 30.0 Å². The van der Waals surface area contributed by atoms with Crippen LogP contribution in [-0.2, 0) is 22.5 Å². The number of H-pyrrole nitrogens is 1. The Morgan fingerprint density at radius 2 is 2.03 bits per heavy atom. The fourth-order valence-corrected chi connectivity index (χ4v) is 3.61. The molecule has 2 heterocycles. The average Bonchev–Trinajstić information content (AvgIpc) is 3.13. The molecule has 1 aromatic carbocycles. The van der Waals surface area contributed by atoms with Crippen molar-refractivity contribution >= 4 is 28.4 Å². The monoisotopic (exact) mass is 428 g/mol. The highest BCUT2D eigenvalue weighted by Gasteiger charge is 2.25. The van der Waals surface area contributed by atoms with Crippen LogP contribution in [0.5, 0.6) is 0 Å². The number of methoxy groups -OCH3 is 1. The number of nitrogens with two attached hydrogens (primary N) is 1. The number of nitrogen functional groups attached to an aromatic ring is 1. The Labute approximate surface area is 179 Å². The molecular weight excluding hydrogens is 400 g/mol. The Bertz CT molecular complexity index is 1220. The molecule has 0 unspecified atom stereocenters. The lowest BCUT2D eigenvalue weighted by Gasteiger charge is -2.24. The number of aromatic nitrogens is 2. The highest BCUT2D eigenvalue weighted by atomic mass is 16.5. The summed E-state index contributed by atoms with van der Waals surface area (Å²) in [4.78, 5) is 41.6. The number of amides is 1. The smallest absolute Gasteiger partial charge is 0.330 e. The van der Waals surface area contributed by atoms with Crippen LogP contribution in [0.25, 0.3) is 11.0 Å². The standard InChI is InChI=1S/C22H28N4O5/c1-5-8-26-20(23)18(21(28)24-22(26)29)25(9-10-30-4)17(27)11-15-12-31-19-14(3)13(2)6-7-16(15)19/h6-7,12H,5,8-11,23H2,1-4H3,(H,24,28,29). The van der Waals surface area contributed by atoms with E-state index in [4.69, 9.17) is 14.9 Å². The second-order valence-corrected chi connectivity index (χ2v) is 7.50. The molecule has 0 aliphatic heterocycles. The van der Waals surface area contributed by atoms with Crippen LogP contribution in [0, 0.1) is 13.8 Å². The van der Waals surface area contributed by atoms with Crippen LogP contribution in [0.15, 0.2) is 32.4 Å².